The zero-order chi connectivity index (χ0) is 25.3. The molecule has 0 aliphatic heterocycles. The molecule has 0 unspecified atom stereocenters. The van der Waals surface area contributed by atoms with Crippen LogP contribution in [0.5, 0.6) is 0 Å². The van der Waals surface area contributed by atoms with Crippen LogP contribution < -0.4 is 0 Å². The van der Waals surface area contributed by atoms with E-state index in [1.165, 1.54) is 28.1 Å². The fraction of sp³-hybridized carbons (Fsp3) is 0.667. The molecule has 0 saturated heterocycles. The molecule has 0 radical (unpaired) electrons. The minimum Gasteiger partial charge on any atom is -0.364 e. The number of rotatable bonds is 6. The highest BCUT2D eigenvalue weighted by Gasteiger charge is 2.14. The highest BCUT2D eigenvalue weighted by molar-refractivity contribution is 5.23. The van der Waals surface area contributed by atoms with Crippen LogP contribution in [0.1, 0.15) is 152 Å². The van der Waals surface area contributed by atoms with Gasteiger partial charge >= 0.3 is 0 Å². The van der Waals surface area contributed by atoms with Crippen molar-refractivity contribution in [1.82, 2.24) is 25.6 Å². The van der Waals surface area contributed by atoms with E-state index < -0.39 is 0 Å². The molecule has 3 rings (SSSR count). The summed E-state index contributed by atoms with van der Waals surface area (Å²) in [6.45, 7) is 26.0. The highest BCUT2D eigenvalue weighted by Crippen LogP contribution is 2.25. The average Bonchev–Trinajstić information content (AvgIpc) is 3.48. The first-order chi connectivity index (χ1) is 15.4. The lowest BCUT2D eigenvalue weighted by Crippen LogP contribution is -1.95. The third-order valence-corrected chi connectivity index (χ3v) is 5.59. The molecule has 0 aliphatic carbocycles. The van der Waals surface area contributed by atoms with E-state index in [0.29, 0.717) is 35.5 Å². The van der Waals surface area contributed by atoms with Gasteiger partial charge in [0.25, 0.3) is 0 Å². The topological polar surface area (TPSA) is 83.4 Å². The molecule has 33 heavy (non-hydrogen) atoms. The molecule has 0 spiro atoms. The Morgan fingerprint density at radius 2 is 0.939 bits per heavy atom. The molecule has 2 N–H and O–H groups in total. The van der Waals surface area contributed by atoms with E-state index >= 15 is 0 Å². The number of H-pyrrole nitrogens is 2. The van der Waals surface area contributed by atoms with Crippen LogP contribution in [0.3, 0.4) is 0 Å². The van der Waals surface area contributed by atoms with Crippen molar-refractivity contribution in [3.8, 4) is 0 Å². The van der Waals surface area contributed by atoms with Gasteiger partial charge < -0.3 is 4.52 Å². The van der Waals surface area contributed by atoms with Gasteiger partial charge in [0.15, 0.2) is 0 Å². The molecule has 0 bridgehead atoms. The maximum absolute atomic E-state index is 4.92. The summed E-state index contributed by atoms with van der Waals surface area (Å²) in [5, 5.41) is 18.1. The second-order valence-corrected chi connectivity index (χ2v) is 10.6. The normalized spacial score (nSPS) is 11.5. The number of aromatic amines is 2. The maximum atomic E-state index is 4.92. The monoisotopic (exact) mass is 457 g/mol. The predicted molar refractivity (Wildman–Crippen MR) is 138 cm³/mol. The van der Waals surface area contributed by atoms with Crippen molar-refractivity contribution in [3.05, 3.63) is 52.4 Å². The lowest BCUT2D eigenvalue weighted by atomic mass is 9.98. The molecule has 6 nitrogen and oxygen atoms in total. The third kappa shape index (κ3) is 8.49. The smallest absolute Gasteiger partial charge is 0.127 e. The molecule has 6 heteroatoms. The Hall–Kier alpha value is -2.37. The molecule has 0 fully saturated rings. The van der Waals surface area contributed by atoms with Gasteiger partial charge in [-0.25, -0.2) is 0 Å². The fourth-order valence-electron chi connectivity index (χ4n) is 3.58. The van der Waals surface area contributed by atoms with Gasteiger partial charge in [0.05, 0.1) is 18.1 Å². The summed E-state index contributed by atoms with van der Waals surface area (Å²) in [5.74, 6) is 3.23. The summed E-state index contributed by atoms with van der Waals surface area (Å²) in [6, 6.07) is 0. The first-order valence-electron chi connectivity index (χ1n) is 12.4. The van der Waals surface area contributed by atoms with Crippen molar-refractivity contribution in [2.45, 2.75) is 119 Å². The molecule has 3 aromatic heterocycles. The highest BCUT2D eigenvalue weighted by atomic mass is 16.5. The summed E-state index contributed by atoms with van der Waals surface area (Å²) >= 11 is 0. The number of nitrogens with one attached hydrogen (secondary N) is 2. The first-order valence-corrected chi connectivity index (χ1v) is 12.4. The van der Waals surface area contributed by atoms with Gasteiger partial charge in [-0.15, -0.1) is 0 Å². The van der Waals surface area contributed by atoms with E-state index in [2.05, 4.69) is 109 Å². The number of nitrogens with zero attached hydrogens (tertiary/aromatic N) is 3. The minimum atomic E-state index is 0.464. The third-order valence-electron chi connectivity index (χ3n) is 5.59. The molecule has 3 aromatic rings. The Kier molecular flexibility index (Phi) is 11.6. The Balaban J connectivity index is 0.000000247. The zero-order valence-electron chi connectivity index (χ0n) is 22.9. The van der Waals surface area contributed by atoms with Crippen LogP contribution in [0.25, 0.3) is 0 Å². The van der Waals surface area contributed by atoms with E-state index in [9.17, 15) is 0 Å². The van der Waals surface area contributed by atoms with Gasteiger partial charge in [-0.1, -0.05) is 88.2 Å². The van der Waals surface area contributed by atoms with Crippen LogP contribution in [0.2, 0.25) is 0 Å². The largest absolute Gasteiger partial charge is 0.364 e. The molecule has 3 heterocycles. The summed E-state index contributed by atoms with van der Waals surface area (Å²) < 4.78 is 4.92. The maximum Gasteiger partial charge on any atom is 0.127 e. The quantitative estimate of drug-likeness (QED) is 0.390. The second kappa shape index (κ2) is 13.4. The van der Waals surface area contributed by atoms with Crippen molar-refractivity contribution in [3.63, 3.8) is 0 Å². The number of aromatic nitrogens is 5. The zero-order valence-corrected chi connectivity index (χ0v) is 22.9. The van der Waals surface area contributed by atoms with E-state index in [0.717, 1.165) is 5.69 Å². The van der Waals surface area contributed by atoms with Gasteiger partial charge in [0.1, 0.15) is 6.26 Å². The predicted octanol–water partition coefficient (Wildman–Crippen LogP) is 8.23. The molecular weight excluding hydrogens is 410 g/mol. The van der Waals surface area contributed by atoms with Crippen molar-refractivity contribution < 1.29 is 4.52 Å². The summed E-state index contributed by atoms with van der Waals surface area (Å²) in [4.78, 5) is 0. The van der Waals surface area contributed by atoms with Crippen LogP contribution in [0.4, 0.5) is 0 Å². The average molecular weight is 458 g/mol. The lowest BCUT2D eigenvalue weighted by molar-refractivity contribution is 0.408. The van der Waals surface area contributed by atoms with Crippen molar-refractivity contribution in [1.29, 1.82) is 0 Å². The van der Waals surface area contributed by atoms with Gasteiger partial charge in [-0.3, -0.25) is 10.2 Å². The van der Waals surface area contributed by atoms with E-state index in [1.54, 1.807) is 6.26 Å². The minimum absolute atomic E-state index is 0.464. The Morgan fingerprint density at radius 3 is 1.18 bits per heavy atom. The molecule has 0 aliphatic rings. The van der Waals surface area contributed by atoms with E-state index in [1.807, 2.05) is 12.4 Å². The van der Waals surface area contributed by atoms with Crippen molar-refractivity contribution in [2.24, 2.45) is 0 Å². The van der Waals surface area contributed by atoms with Crippen LogP contribution in [-0.4, -0.2) is 25.6 Å². The summed E-state index contributed by atoms with van der Waals surface area (Å²) in [5.41, 5.74) is 7.58. The van der Waals surface area contributed by atoms with Gasteiger partial charge in [-0.2, -0.15) is 10.2 Å². The second-order valence-electron chi connectivity index (χ2n) is 10.6. The number of hydrogen-bond donors (Lipinski definition) is 2. The van der Waals surface area contributed by atoms with Gasteiger partial charge in [0, 0.05) is 17.0 Å². The summed E-state index contributed by atoms with van der Waals surface area (Å²) in [7, 11) is 0. The van der Waals surface area contributed by atoms with E-state index in [4.69, 9.17) is 4.52 Å². The number of hydrogen-bond acceptors (Lipinski definition) is 4. The molecule has 0 atom stereocenters. The van der Waals surface area contributed by atoms with Crippen LogP contribution >= 0.6 is 0 Å². The standard InChI is InChI=1S/2C9H16N2.C9H15NO/c2*1-6(2)8-5-10-11-9(8)7(3)4;1-6(2)8-5-11-10-9(8)7(3)4/h2*5-7H,1-4H3,(H,10,11);5-7H,1-4H3. The SMILES string of the molecule is CC(C)c1cn[nH]c1C(C)C.CC(C)c1cn[nH]c1C(C)C.CC(C)c1conc1C(C)C. The van der Waals surface area contributed by atoms with Crippen molar-refractivity contribution >= 4 is 0 Å². The Morgan fingerprint density at radius 1 is 0.545 bits per heavy atom. The van der Waals surface area contributed by atoms with Gasteiger partial charge in [0.2, 0.25) is 0 Å². The van der Waals surface area contributed by atoms with E-state index in [-0.39, 0.29) is 0 Å². The molecule has 0 aromatic carbocycles. The molecule has 0 saturated carbocycles. The van der Waals surface area contributed by atoms with Gasteiger partial charge in [-0.05, 0) is 46.6 Å². The van der Waals surface area contributed by atoms with Crippen LogP contribution in [-0.2, 0) is 0 Å². The van der Waals surface area contributed by atoms with Crippen LogP contribution in [0.15, 0.2) is 23.2 Å². The Bertz CT molecular complexity index is 726. The van der Waals surface area contributed by atoms with Crippen molar-refractivity contribution in [2.75, 3.05) is 0 Å². The van der Waals surface area contributed by atoms with Crippen LogP contribution in [0, 0.1) is 0 Å². The Labute approximate surface area is 201 Å². The first kappa shape index (κ1) is 28.7. The molecule has 0 amide bonds. The summed E-state index contributed by atoms with van der Waals surface area (Å²) in [6.07, 6.45) is 5.61. The molecular formula is C27H47N5O. The molecule has 186 valence electrons. The lowest BCUT2D eigenvalue weighted by Gasteiger charge is -2.07. The fourth-order valence-corrected chi connectivity index (χ4v) is 3.58.